The van der Waals surface area contributed by atoms with Crippen molar-refractivity contribution in [1.82, 2.24) is 0 Å². The summed E-state index contributed by atoms with van der Waals surface area (Å²) >= 11 is 0. The van der Waals surface area contributed by atoms with E-state index < -0.39 is 5.41 Å². The number of benzene rings is 1. The number of nitrogens with one attached hydrogen (secondary N) is 1. The molecule has 0 spiro atoms. The molecule has 0 unspecified atom stereocenters. The van der Waals surface area contributed by atoms with Gasteiger partial charge in [0.05, 0.1) is 11.4 Å². The van der Waals surface area contributed by atoms with Crippen molar-refractivity contribution in [1.29, 1.82) is 0 Å². The van der Waals surface area contributed by atoms with Crippen molar-refractivity contribution in [3.8, 4) is 0 Å². The summed E-state index contributed by atoms with van der Waals surface area (Å²) in [5.41, 5.74) is 0.971. The van der Waals surface area contributed by atoms with Gasteiger partial charge in [0, 0.05) is 5.41 Å². The maximum Gasteiger partial charge on any atom is 0.244 e. The molecule has 2 amide bonds. The number of fused-ring (bicyclic) bond motifs is 1. The SMILES string of the molecule is CC(C)(C)C(=O)N1CC(=O)Nc2ccccc21. The van der Waals surface area contributed by atoms with Crippen molar-refractivity contribution in [2.24, 2.45) is 5.41 Å². The first-order valence-corrected chi connectivity index (χ1v) is 5.60. The Bertz CT molecular complexity index is 475. The Labute approximate surface area is 101 Å². The predicted octanol–water partition coefficient (Wildman–Crippen LogP) is 2.02. The van der Waals surface area contributed by atoms with Gasteiger partial charge < -0.3 is 10.2 Å². The van der Waals surface area contributed by atoms with E-state index in [0.717, 1.165) is 5.69 Å². The maximum atomic E-state index is 12.3. The highest BCUT2D eigenvalue weighted by Crippen LogP contribution is 2.32. The Hall–Kier alpha value is -1.84. The summed E-state index contributed by atoms with van der Waals surface area (Å²) in [7, 11) is 0. The standard InChI is InChI=1S/C13H16N2O2/c1-13(2,3)12(17)15-8-11(16)14-9-6-4-5-7-10(9)15/h4-7H,8H2,1-3H3,(H,14,16). The molecule has 1 aromatic rings. The van der Waals surface area contributed by atoms with Gasteiger partial charge in [-0.15, -0.1) is 0 Å². The normalized spacial score (nSPS) is 15.2. The van der Waals surface area contributed by atoms with E-state index in [0.29, 0.717) is 5.69 Å². The number of carbonyl (C=O) groups excluding carboxylic acids is 2. The highest BCUT2D eigenvalue weighted by Gasteiger charge is 2.33. The van der Waals surface area contributed by atoms with Crippen LogP contribution in [-0.4, -0.2) is 18.4 Å². The molecule has 0 saturated carbocycles. The van der Waals surface area contributed by atoms with Crippen LogP contribution in [0, 0.1) is 5.41 Å². The molecule has 1 aromatic carbocycles. The number of hydrogen-bond donors (Lipinski definition) is 1. The fourth-order valence-electron chi connectivity index (χ4n) is 1.82. The number of nitrogens with zero attached hydrogens (tertiary/aromatic N) is 1. The van der Waals surface area contributed by atoms with Crippen LogP contribution < -0.4 is 10.2 Å². The lowest BCUT2D eigenvalue weighted by atomic mass is 9.94. The topological polar surface area (TPSA) is 49.4 Å². The van der Waals surface area contributed by atoms with Crippen LogP contribution in [0.4, 0.5) is 11.4 Å². The van der Waals surface area contributed by atoms with Gasteiger partial charge in [-0.3, -0.25) is 9.59 Å². The van der Waals surface area contributed by atoms with E-state index in [1.165, 1.54) is 0 Å². The molecule has 1 aliphatic rings. The predicted molar refractivity (Wildman–Crippen MR) is 66.9 cm³/mol. The molecule has 0 radical (unpaired) electrons. The molecule has 0 aliphatic carbocycles. The van der Waals surface area contributed by atoms with Crippen molar-refractivity contribution in [3.63, 3.8) is 0 Å². The zero-order chi connectivity index (χ0) is 12.6. The van der Waals surface area contributed by atoms with Crippen LogP contribution in [0.15, 0.2) is 24.3 Å². The third-order valence-electron chi connectivity index (χ3n) is 2.66. The van der Waals surface area contributed by atoms with Crippen molar-refractivity contribution >= 4 is 23.2 Å². The minimum Gasteiger partial charge on any atom is -0.323 e. The van der Waals surface area contributed by atoms with Crippen molar-refractivity contribution in [2.45, 2.75) is 20.8 Å². The second kappa shape index (κ2) is 3.87. The molecule has 0 fully saturated rings. The highest BCUT2D eigenvalue weighted by molar-refractivity contribution is 6.11. The molecule has 1 heterocycles. The van der Waals surface area contributed by atoms with Crippen LogP contribution in [0.5, 0.6) is 0 Å². The second-order valence-electron chi connectivity index (χ2n) is 5.21. The lowest BCUT2D eigenvalue weighted by Gasteiger charge is -2.33. The van der Waals surface area contributed by atoms with Gasteiger partial charge in [0.1, 0.15) is 6.54 Å². The molecule has 17 heavy (non-hydrogen) atoms. The third kappa shape index (κ3) is 2.16. The molecule has 2 rings (SSSR count). The largest absolute Gasteiger partial charge is 0.323 e. The molecule has 0 saturated heterocycles. The first-order valence-electron chi connectivity index (χ1n) is 5.60. The van der Waals surface area contributed by atoms with Gasteiger partial charge in [-0.1, -0.05) is 32.9 Å². The van der Waals surface area contributed by atoms with E-state index in [9.17, 15) is 9.59 Å². The Morgan fingerprint density at radius 2 is 1.94 bits per heavy atom. The van der Waals surface area contributed by atoms with Crippen molar-refractivity contribution in [2.75, 3.05) is 16.8 Å². The van der Waals surface area contributed by atoms with Crippen molar-refractivity contribution in [3.05, 3.63) is 24.3 Å². The molecule has 1 N–H and O–H groups in total. The zero-order valence-electron chi connectivity index (χ0n) is 10.3. The van der Waals surface area contributed by atoms with E-state index >= 15 is 0 Å². The van der Waals surface area contributed by atoms with Crippen LogP contribution in [0.2, 0.25) is 0 Å². The minimum atomic E-state index is -0.495. The smallest absolute Gasteiger partial charge is 0.244 e. The molecular formula is C13H16N2O2. The van der Waals surface area contributed by atoms with Gasteiger partial charge in [-0.05, 0) is 12.1 Å². The number of amides is 2. The average molecular weight is 232 g/mol. The van der Waals surface area contributed by atoms with Gasteiger partial charge in [-0.25, -0.2) is 0 Å². The molecular weight excluding hydrogens is 216 g/mol. The van der Waals surface area contributed by atoms with Crippen LogP contribution in [0.1, 0.15) is 20.8 Å². The molecule has 90 valence electrons. The van der Waals surface area contributed by atoms with Gasteiger partial charge in [0.15, 0.2) is 0 Å². The minimum absolute atomic E-state index is 0.0419. The fourth-order valence-corrected chi connectivity index (χ4v) is 1.82. The summed E-state index contributed by atoms with van der Waals surface area (Å²) in [5.74, 6) is -0.193. The summed E-state index contributed by atoms with van der Waals surface area (Å²) < 4.78 is 0. The van der Waals surface area contributed by atoms with Crippen LogP contribution >= 0.6 is 0 Å². The summed E-state index contributed by atoms with van der Waals surface area (Å²) in [6.07, 6.45) is 0. The quantitative estimate of drug-likeness (QED) is 0.744. The lowest BCUT2D eigenvalue weighted by molar-refractivity contribution is -0.127. The van der Waals surface area contributed by atoms with E-state index in [2.05, 4.69) is 5.32 Å². The van der Waals surface area contributed by atoms with Gasteiger partial charge in [-0.2, -0.15) is 0 Å². The summed E-state index contributed by atoms with van der Waals surface area (Å²) in [5, 5.41) is 2.76. The van der Waals surface area contributed by atoms with Crippen LogP contribution in [-0.2, 0) is 9.59 Å². The first kappa shape index (κ1) is 11.6. The second-order valence-corrected chi connectivity index (χ2v) is 5.21. The lowest BCUT2D eigenvalue weighted by Crippen LogP contribution is -2.46. The molecule has 1 aliphatic heterocycles. The monoisotopic (exact) mass is 232 g/mol. The number of rotatable bonds is 0. The maximum absolute atomic E-state index is 12.3. The van der Waals surface area contributed by atoms with Crippen LogP contribution in [0.3, 0.4) is 0 Å². The average Bonchev–Trinajstić information content (AvgIpc) is 2.25. The Morgan fingerprint density at radius 1 is 1.29 bits per heavy atom. The number of carbonyl (C=O) groups is 2. The number of anilines is 2. The van der Waals surface area contributed by atoms with Gasteiger partial charge in [0.25, 0.3) is 0 Å². The molecule has 0 bridgehead atoms. The van der Waals surface area contributed by atoms with Gasteiger partial charge in [0.2, 0.25) is 11.8 Å². The van der Waals surface area contributed by atoms with E-state index in [1.807, 2.05) is 39.0 Å². The molecule has 4 heteroatoms. The fraction of sp³-hybridized carbons (Fsp3) is 0.385. The van der Waals surface area contributed by atoms with Gasteiger partial charge >= 0.3 is 0 Å². The zero-order valence-corrected chi connectivity index (χ0v) is 10.3. The number of para-hydroxylation sites is 2. The van der Waals surface area contributed by atoms with E-state index in [4.69, 9.17) is 0 Å². The van der Waals surface area contributed by atoms with E-state index in [1.54, 1.807) is 11.0 Å². The molecule has 0 aromatic heterocycles. The Kier molecular flexibility index (Phi) is 2.65. The van der Waals surface area contributed by atoms with E-state index in [-0.39, 0.29) is 18.4 Å². The summed E-state index contributed by atoms with van der Waals surface area (Å²) in [4.78, 5) is 25.4. The summed E-state index contributed by atoms with van der Waals surface area (Å²) in [6.45, 7) is 5.65. The molecule has 4 nitrogen and oxygen atoms in total. The molecule has 0 atom stereocenters. The summed E-state index contributed by atoms with van der Waals surface area (Å²) in [6, 6.07) is 7.34. The Morgan fingerprint density at radius 3 is 2.59 bits per heavy atom. The third-order valence-corrected chi connectivity index (χ3v) is 2.66. The van der Waals surface area contributed by atoms with Crippen LogP contribution in [0.25, 0.3) is 0 Å². The van der Waals surface area contributed by atoms with Crippen molar-refractivity contribution < 1.29 is 9.59 Å². The Balaban J connectivity index is 2.43. The number of hydrogen-bond acceptors (Lipinski definition) is 2. The highest BCUT2D eigenvalue weighted by atomic mass is 16.2. The first-order chi connectivity index (χ1) is 7.89.